The molecular weight excluding hydrogens is 308 g/mol. The van der Waals surface area contributed by atoms with E-state index < -0.39 is 0 Å². The van der Waals surface area contributed by atoms with Crippen molar-refractivity contribution in [2.45, 2.75) is 5.75 Å². The fraction of sp³-hybridized carbons (Fsp3) is 0.357. The molecule has 0 fully saturated rings. The van der Waals surface area contributed by atoms with Gasteiger partial charge in [0.25, 0.3) is 0 Å². The number of methoxy groups -OCH3 is 1. The predicted molar refractivity (Wildman–Crippen MR) is 86.7 cm³/mol. The van der Waals surface area contributed by atoms with E-state index in [9.17, 15) is 9.59 Å². The number of ether oxygens (including phenoxy) is 1. The molecule has 0 aromatic carbocycles. The molecule has 0 unspecified atom stereocenters. The predicted octanol–water partition coefficient (Wildman–Crippen LogP) is 2.01. The van der Waals surface area contributed by atoms with Crippen LogP contribution >= 0.6 is 24.0 Å². The first-order valence-electron chi connectivity index (χ1n) is 6.24. The zero-order chi connectivity index (χ0) is 15.7. The van der Waals surface area contributed by atoms with Crippen LogP contribution < -0.4 is 0 Å². The first kappa shape index (κ1) is 15.8. The Morgan fingerprint density at radius 3 is 2.67 bits per heavy atom. The molecule has 0 aliphatic heterocycles. The van der Waals surface area contributed by atoms with E-state index in [1.807, 2.05) is 19.0 Å². The van der Waals surface area contributed by atoms with E-state index in [0.717, 1.165) is 10.0 Å². The van der Waals surface area contributed by atoms with Crippen LogP contribution in [0.25, 0.3) is 0 Å². The zero-order valence-corrected chi connectivity index (χ0v) is 13.9. The van der Waals surface area contributed by atoms with Crippen LogP contribution in [-0.2, 0) is 17.5 Å². The van der Waals surface area contributed by atoms with E-state index in [-0.39, 0.29) is 17.3 Å². The van der Waals surface area contributed by atoms with Gasteiger partial charge in [-0.3, -0.25) is 9.59 Å². The number of thioether (sulfide) groups is 1. The fourth-order valence-electron chi connectivity index (χ4n) is 2.07. The summed E-state index contributed by atoms with van der Waals surface area (Å²) in [6.45, 7) is 0. The number of ketones is 2. The van der Waals surface area contributed by atoms with E-state index in [0.29, 0.717) is 17.0 Å². The summed E-state index contributed by atoms with van der Waals surface area (Å²) < 4.78 is 7.46. The van der Waals surface area contributed by atoms with Crippen LogP contribution in [0.5, 0.6) is 0 Å². The summed E-state index contributed by atoms with van der Waals surface area (Å²) in [6.07, 6.45) is 1.24. The molecule has 1 aliphatic rings. The minimum atomic E-state index is -0.255. The van der Waals surface area contributed by atoms with Crippen molar-refractivity contribution in [2.75, 3.05) is 21.2 Å². The number of aromatic nitrogens is 1. The Morgan fingerprint density at radius 1 is 1.43 bits per heavy atom. The van der Waals surface area contributed by atoms with Crippen molar-refractivity contribution >= 4 is 39.9 Å². The Morgan fingerprint density at radius 2 is 2.10 bits per heavy atom. The van der Waals surface area contributed by atoms with Gasteiger partial charge in [0.1, 0.15) is 10.0 Å². The molecule has 7 heteroatoms. The molecule has 0 N–H and O–H groups in total. The van der Waals surface area contributed by atoms with Crippen LogP contribution in [0.4, 0.5) is 0 Å². The number of thiocarbonyl (C=S) groups is 1. The monoisotopic (exact) mass is 324 g/mol. The summed E-state index contributed by atoms with van der Waals surface area (Å²) in [5.41, 5.74) is 1.68. The maximum atomic E-state index is 12.2. The van der Waals surface area contributed by atoms with Gasteiger partial charge in [-0.2, -0.15) is 0 Å². The maximum absolute atomic E-state index is 12.2. The van der Waals surface area contributed by atoms with Crippen molar-refractivity contribution in [1.29, 1.82) is 0 Å². The van der Waals surface area contributed by atoms with Gasteiger partial charge in [-0.15, -0.1) is 0 Å². The Hall–Kier alpha value is -1.60. The maximum Gasteiger partial charge on any atom is 0.229 e. The van der Waals surface area contributed by atoms with Gasteiger partial charge in [0.15, 0.2) is 5.76 Å². The molecule has 2 rings (SSSR count). The number of rotatable bonds is 3. The standard InChI is InChI=1S/C14H16N2O3S2/c1-15(2)14(20)21-7-8-5-9-12(16(8)3)10(17)6-11(19-4)13(9)18/h5-6H,7H2,1-4H3. The number of fused-ring (bicyclic) bond motifs is 1. The molecule has 1 aromatic heterocycles. The highest BCUT2D eigenvalue weighted by molar-refractivity contribution is 8.22. The normalized spacial score (nSPS) is 13.8. The number of nitrogens with zero attached hydrogens (tertiary/aromatic N) is 2. The van der Waals surface area contributed by atoms with Gasteiger partial charge in [-0.1, -0.05) is 24.0 Å². The molecule has 0 atom stereocenters. The van der Waals surface area contributed by atoms with Crippen LogP contribution in [0, 0.1) is 0 Å². The lowest BCUT2D eigenvalue weighted by Crippen LogP contribution is -2.19. The van der Waals surface area contributed by atoms with E-state index in [2.05, 4.69) is 0 Å². The first-order chi connectivity index (χ1) is 9.86. The minimum absolute atomic E-state index is 0.0844. The Balaban J connectivity index is 2.30. The van der Waals surface area contributed by atoms with Gasteiger partial charge in [0.05, 0.1) is 12.7 Å². The number of carbonyl (C=O) groups excluding carboxylic acids is 2. The third-order valence-corrected chi connectivity index (χ3v) is 5.00. The average Bonchev–Trinajstić information content (AvgIpc) is 2.78. The van der Waals surface area contributed by atoms with Crippen molar-refractivity contribution < 1.29 is 14.3 Å². The third kappa shape index (κ3) is 2.89. The smallest absolute Gasteiger partial charge is 0.229 e. The van der Waals surface area contributed by atoms with Crippen LogP contribution in [0.3, 0.4) is 0 Å². The molecule has 0 radical (unpaired) electrons. The highest BCUT2D eigenvalue weighted by Gasteiger charge is 2.30. The van der Waals surface area contributed by atoms with E-state index in [1.54, 1.807) is 17.7 Å². The van der Waals surface area contributed by atoms with Crippen LogP contribution in [0.2, 0.25) is 0 Å². The molecule has 0 amide bonds. The summed E-state index contributed by atoms with van der Waals surface area (Å²) in [5, 5.41) is 0. The number of carbonyl (C=O) groups is 2. The average molecular weight is 324 g/mol. The summed E-state index contributed by atoms with van der Waals surface area (Å²) >= 11 is 6.72. The van der Waals surface area contributed by atoms with Gasteiger partial charge in [-0.25, -0.2) is 0 Å². The quantitative estimate of drug-likeness (QED) is 0.793. The van der Waals surface area contributed by atoms with Crippen LogP contribution in [0.15, 0.2) is 17.9 Å². The van der Waals surface area contributed by atoms with Gasteiger partial charge < -0.3 is 14.2 Å². The number of Topliss-reactive ketones (excluding diaryl/α,β-unsaturated/α-hetero) is 1. The Labute approximate surface area is 132 Å². The second-order valence-corrected chi connectivity index (χ2v) is 6.42. The molecule has 5 nitrogen and oxygen atoms in total. The first-order valence-corrected chi connectivity index (χ1v) is 7.63. The molecule has 112 valence electrons. The van der Waals surface area contributed by atoms with Crippen molar-refractivity contribution in [1.82, 2.24) is 9.47 Å². The lowest BCUT2D eigenvalue weighted by molar-refractivity contribution is 0.0914. The van der Waals surface area contributed by atoms with Gasteiger partial charge >= 0.3 is 0 Å². The van der Waals surface area contributed by atoms with Gasteiger partial charge in [0, 0.05) is 38.7 Å². The lowest BCUT2D eigenvalue weighted by Gasteiger charge is -2.13. The molecule has 0 bridgehead atoms. The Bertz CT molecular complexity index is 659. The molecule has 0 saturated heterocycles. The topological polar surface area (TPSA) is 51.5 Å². The molecule has 1 aromatic rings. The molecular formula is C14H16N2O3S2. The largest absolute Gasteiger partial charge is 0.492 e. The number of hydrogen-bond donors (Lipinski definition) is 0. The number of allylic oxidation sites excluding steroid dienone is 2. The highest BCUT2D eigenvalue weighted by Crippen LogP contribution is 2.27. The molecule has 1 heterocycles. The Kier molecular flexibility index (Phi) is 4.53. The molecule has 0 saturated carbocycles. The molecule has 0 spiro atoms. The van der Waals surface area contributed by atoms with Crippen molar-refractivity contribution in [3.8, 4) is 0 Å². The van der Waals surface area contributed by atoms with Crippen molar-refractivity contribution in [3.63, 3.8) is 0 Å². The second kappa shape index (κ2) is 6.03. The third-order valence-electron chi connectivity index (χ3n) is 3.22. The summed E-state index contributed by atoms with van der Waals surface area (Å²) in [6, 6.07) is 1.74. The van der Waals surface area contributed by atoms with Crippen molar-refractivity contribution in [3.05, 3.63) is 34.9 Å². The van der Waals surface area contributed by atoms with E-state index in [4.69, 9.17) is 17.0 Å². The lowest BCUT2D eigenvalue weighted by atomic mass is 10.0. The fourth-order valence-corrected chi connectivity index (χ4v) is 3.05. The number of hydrogen-bond acceptors (Lipinski definition) is 5. The molecule has 1 aliphatic carbocycles. The van der Waals surface area contributed by atoms with Crippen LogP contribution in [-0.4, -0.2) is 46.6 Å². The summed E-state index contributed by atoms with van der Waals surface area (Å²) in [5.74, 6) is 0.217. The van der Waals surface area contributed by atoms with Gasteiger partial charge in [0.2, 0.25) is 11.6 Å². The highest BCUT2D eigenvalue weighted by atomic mass is 32.2. The van der Waals surface area contributed by atoms with E-state index >= 15 is 0 Å². The summed E-state index contributed by atoms with van der Waals surface area (Å²) in [7, 11) is 6.93. The van der Waals surface area contributed by atoms with Crippen molar-refractivity contribution in [2.24, 2.45) is 7.05 Å². The minimum Gasteiger partial charge on any atom is -0.492 e. The van der Waals surface area contributed by atoms with Gasteiger partial charge in [-0.05, 0) is 6.07 Å². The molecule has 21 heavy (non-hydrogen) atoms. The SMILES string of the molecule is COC1=CC(=O)c2c(cc(CSC(=S)N(C)C)n2C)C1=O. The zero-order valence-electron chi connectivity index (χ0n) is 12.3. The van der Waals surface area contributed by atoms with Crippen LogP contribution in [0.1, 0.15) is 26.5 Å². The second-order valence-electron chi connectivity index (χ2n) is 4.81. The van der Waals surface area contributed by atoms with E-state index in [1.165, 1.54) is 24.9 Å². The summed E-state index contributed by atoms with van der Waals surface area (Å²) in [4.78, 5) is 26.2.